The van der Waals surface area contributed by atoms with E-state index in [9.17, 15) is 9.59 Å². The summed E-state index contributed by atoms with van der Waals surface area (Å²) in [6.45, 7) is 1.97. The molecule has 0 radical (unpaired) electrons. The highest BCUT2D eigenvalue weighted by atomic mass is 16.5. The van der Waals surface area contributed by atoms with Crippen LogP contribution in [0.1, 0.15) is 13.3 Å². The Morgan fingerprint density at radius 2 is 2.33 bits per heavy atom. The zero-order valence-electron chi connectivity index (χ0n) is 8.40. The van der Waals surface area contributed by atoms with Gasteiger partial charge in [-0.15, -0.1) is 0 Å². The normalized spacial score (nSPS) is 9.40. The number of nitrogens with zero attached hydrogens (tertiary/aromatic N) is 1. The third kappa shape index (κ3) is 4.21. The van der Waals surface area contributed by atoms with Crippen molar-refractivity contribution in [2.24, 2.45) is 0 Å². The fourth-order valence-corrected chi connectivity index (χ4v) is 0.985. The topological polar surface area (TPSA) is 68.3 Å². The number of hydrogen-bond acceptors (Lipinski definition) is 4. The van der Waals surface area contributed by atoms with Crippen LogP contribution < -0.4 is 5.32 Å². The number of carbonyl (C=O) groups excluding carboxylic acids is 2. The molecule has 0 aliphatic heterocycles. The van der Waals surface area contributed by atoms with Crippen molar-refractivity contribution in [2.45, 2.75) is 13.3 Å². The van der Waals surface area contributed by atoms with E-state index in [0.29, 0.717) is 5.69 Å². The second-order valence-electron chi connectivity index (χ2n) is 2.77. The third-order valence-electron chi connectivity index (χ3n) is 1.56. The molecular formula is C10H12N2O3. The maximum atomic E-state index is 11.3. The Hall–Kier alpha value is -1.91. The summed E-state index contributed by atoms with van der Waals surface area (Å²) in [5.41, 5.74) is 0.562. The van der Waals surface area contributed by atoms with Crippen LogP contribution in [-0.4, -0.2) is 23.5 Å². The molecule has 0 aliphatic rings. The summed E-state index contributed by atoms with van der Waals surface area (Å²) in [6, 6.07) is 3.38. The van der Waals surface area contributed by atoms with Crippen molar-refractivity contribution in [1.82, 2.24) is 4.98 Å². The average Bonchev–Trinajstić information content (AvgIpc) is 2.19. The van der Waals surface area contributed by atoms with Crippen LogP contribution in [0.4, 0.5) is 5.69 Å². The molecule has 0 aliphatic carbocycles. The summed E-state index contributed by atoms with van der Waals surface area (Å²) in [5, 5.41) is 2.53. The second-order valence-corrected chi connectivity index (χ2v) is 2.77. The van der Waals surface area contributed by atoms with E-state index in [2.05, 4.69) is 15.0 Å². The first kappa shape index (κ1) is 11.2. The molecule has 1 amide bonds. The summed E-state index contributed by atoms with van der Waals surface area (Å²) >= 11 is 0. The molecule has 1 heterocycles. The first-order valence-corrected chi connectivity index (χ1v) is 4.58. The maximum absolute atomic E-state index is 11.3. The molecule has 1 rings (SSSR count). The van der Waals surface area contributed by atoms with E-state index in [1.807, 2.05) is 0 Å². The maximum Gasteiger partial charge on any atom is 0.315 e. The summed E-state index contributed by atoms with van der Waals surface area (Å²) in [4.78, 5) is 26.0. The van der Waals surface area contributed by atoms with E-state index < -0.39 is 11.9 Å². The van der Waals surface area contributed by atoms with Crippen LogP contribution >= 0.6 is 0 Å². The van der Waals surface area contributed by atoms with Gasteiger partial charge in [0.1, 0.15) is 6.42 Å². The highest BCUT2D eigenvalue weighted by Crippen LogP contribution is 2.03. The minimum absolute atomic E-state index is 0.275. The van der Waals surface area contributed by atoms with Crippen molar-refractivity contribution in [2.75, 3.05) is 11.9 Å². The molecular weight excluding hydrogens is 196 g/mol. The molecule has 0 atom stereocenters. The minimum Gasteiger partial charge on any atom is -0.466 e. The minimum atomic E-state index is -0.529. The van der Waals surface area contributed by atoms with Gasteiger partial charge in [-0.25, -0.2) is 0 Å². The Balaban J connectivity index is 2.40. The fraction of sp³-hybridized carbons (Fsp3) is 0.300. The molecule has 0 saturated carbocycles. The van der Waals surface area contributed by atoms with Crippen molar-refractivity contribution in [3.63, 3.8) is 0 Å². The lowest BCUT2D eigenvalue weighted by molar-refractivity contribution is -0.145. The van der Waals surface area contributed by atoms with Crippen molar-refractivity contribution in [1.29, 1.82) is 0 Å². The Bertz CT molecular complexity index is 338. The summed E-state index contributed by atoms with van der Waals surface area (Å²) in [6.07, 6.45) is 2.83. The van der Waals surface area contributed by atoms with Crippen molar-refractivity contribution in [3.8, 4) is 0 Å². The Labute approximate surface area is 87.5 Å². The molecule has 0 spiro atoms. The summed E-state index contributed by atoms with van der Waals surface area (Å²) < 4.78 is 4.63. The number of pyridine rings is 1. The van der Waals surface area contributed by atoms with E-state index in [-0.39, 0.29) is 13.0 Å². The molecule has 80 valence electrons. The van der Waals surface area contributed by atoms with Gasteiger partial charge >= 0.3 is 5.97 Å². The number of carbonyl (C=O) groups is 2. The molecule has 0 fully saturated rings. The Morgan fingerprint density at radius 1 is 1.53 bits per heavy atom. The second kappa shape index (κ2) is 5.74. The fourth-order valence-electron chi connectivity index (χ4n) is 0.985. The molecule has 5 nitrogen and oxygen atoms in total. The Kier molecular flexibility index (Phi) is 4.28. The summed E-state index contributed by atoms with van der Waals surface area (Å²) in [7, 11) is 0. The van der Waals surface area contributed by atoms with E-state index in [0.717, 1.165) is 0 Å². The van der Waals surface area contributed by atoms with Gasteiger partial charge in [0.05, 0.1) is 18.5 Å². The third-order valence-corrected chi connectivity index (χ3v) is 1.56. The monoisotopic (exact) mass is 208 g/mol. The van der Waals surface area contributed by atoms with Gasteiger partial charge in [-0.1, -0.05) is 0 Å². The summed E-state index contributed by atoms with van der Waals surface area (Å²) in [5.74, 6) is -0.930. The SMILES string of the molecule is CCOC(=O)CC(=O)Nc1cccnc1. The van der Waals surface area contributed by atoms with Crippen molar-refractivity contribution >= 4 is 17.6 Å². The molecule has 0 unspecified atom stereocenters. The number of ether oxygens (including phenoxy) is 1. The van der Waals surface area contributed by atoms with Gasteiger partial charge in [0.2, 0.25) is 5.91 Å². The largest absolute Gasteiger partial charge is 0.466 e. The van der Waals surface area contributed by atoms with Crippen molar-refractivity contribution in [3.05, 3.63) is 24.5 Å². The van der Waals surface area contributed by atoms with Crippen LogP contribution in [0.3, 0.4) is 0 Å². The van der Waals surface area contributed by atoms with E-state index in [4.69, 9.17) is 0 Å². The lowest BCUT2D eigenvalue weighted by Crippen LogP contribution is -2.18. The van der Waals surface area contributed by atoms with Crippen molar-refractivity contribution < 1.29 is 14.3 Å². The average molecular weight is 208 g/mol. The van der Waals surface area contributed by atoms with E-state index in [1.54, 1.807) is 25.3 Å². The predicted octanol–water partition coefficient (Wildman–Crippen LogP) is 0.973. The molecule has 1 N–H and O–H groups in total. The van der Waals surface area contributed by atoms with Gasteiger partial charge in [-0.2, -0.15) is 0 Å². The van der Waals surface area contributed by atoms with Crippen LogP contribution in [0.5, 0.6) is 0 Å². The lowest BCUT2D eigenvalue weighted by atomic mass is 10.3. The molecule has 15 heavy (non-hydrogen) atoms. The number of aromatic nitrogens is 1. The van der Waals surface area contributed by atoms with Crippen LogP contribution in [-0.2, 0) is 14.3 Å². The van der Waals surface area contributed by atoms with E-state index >= 15 is 0 Å². The van der Waals surface area contributed by atoms with Gasteiger partial charge in [-0.05, 0) is 19.1 Å². The molecule has 0 aromatic carbocycles. The number of amides is 1. The van der Waals surface area contributed by atoms with Crippen LogP contribution in [0, 0.1) is 0 Å². The zero-order chi connectivity index (χ0) is 11.1. The van der Waals surface area contributed by atoms with Gasteiger partial charge in [0.15, 0.2) is 0 Å². The lowest BCUT2D eigenvalue weighted by Gasteiger charge is -2.03. The van der Waals surface area contributed by atoms with Gasteiger partial charge in [0, 0.05) is 6.20 Å². The predicted molar refractivity (Wildman–Crippen MR) is 54.1 cm³/mol. The van der Waals surface area contributed by atoms with Gasteiger partial charge in [-0.3, -0.25) is 14.6 Å². The van der Waals surface area contributed by atoms with E-state index in [1.165, 1.54) is 6.20 Å². The molecule has 5 heteroatoms. The van der Waals surface area contributed by atoms with Crippen LogP contribution in [0.15, 0.2) is 24.5 Å². The standard InChI is InChI=1S/C10H12N2O3/c1-2-15-10(14)6-9(13)12-8-4-3-5-11-7-8/h3-5,7H,2,6H2,1H3,(H,12,13). The smallest absolute Gasteiger partial charge is 0.315 e. The molecule has 1 aromatic heterocycles. The number of rotatable bonds is 4. The quantitative estimate of drug-likeness (QED) is 0.591. The highest BCUT2D eigenvalue weighted by molar-refractivity contribution is 6.01. The highest BCUT2D eigenvalue weighted by Gasteiger charge is 2.09. The first-order chi connectivity index (χ1) is 7.22. The molecule has 0 bridgehead atoms. The first-order valence-electron chi connectivity index (χ1n) is 4.58. The van der Waals surface area contributed by atoms with Gasteiger partial charge < -0.3 is 10.1 Å². The number of hydrogen-bond donors (Lipinski definition) is 1. The van der Waals surface area contributed by atoms with Gasteiger partial charge in [0.25, 0.3) is 0 Å². The molecule has 0 saturated heterocycles. The number of esters is 1. The van der Waals surface area contributed by atoms with Crippen LogP contribution in [0.2, 0.25) is 0 Å². The number of anilines is 1. The van der Waals surface area contributed by atoms with Crippen LogP contribution in [0.25, 0.3) is 0 Å². The zero-order valence-corrected chi connectivity index (χ0v) is 8.40. The Morgan fingerprint density at radius 3 is 2.93 bits per heavy atom. The molecule has 1 aromatic rings. The number of nitrogens with one attached hydrogen (secondary N) is 1.